The van der Waals surface area contributed by atoms with Crippen molar-refractivity contribution in [1.82, 2.24) is 10.7 Å². The number of benzene rings is 2. The minimum absolute atomic E-state index is 0.156. The number of hydrogen-bond donors (Lipinski definition) is 2. The number of para-hydroxylation sites is 1. The topological polar surface area (TPSA) is 79.8 Å². The Morgan fingerprint density at radius 1 is 1.12 bits per heavy atom. The first kappa shape index (κ1) is 17.2. The van der Waals surface area contributed by atoms with Gasteiger partial charge in [-0.25, -0.2) is 5.43 Å². The van der Waals surface area contributed by atoms with Gasteiger partial charge in [0.15, 0.2) is 0 Å². The van der Waals surface area contributed by atoms with Crippen LogP contribution in [0.5, 0.6) is 5.75 Å². The zero-order valence-corrected chi connectivity index (χ0v) is 13.6. The molecule has 0 fully saturated rings. The van der Waals surface area contributed by atoms with Crippen LogP contribution in [0.25, 0.3) is 0 Å². The standard InChI is InChI=1S/C18H19N3O3/c1-13-7-3-5-9-15(13)18(23)19-12-17(22)21-20-11-14-8-4-6-10-16(14)24-2/h3-11H,12H2,1-2H3,(H,19,23)(H,21,22). The molecule has 0 heterocycles. The minimum Gasteiger partial charge on any atom is -0.496 e. The van der Waals surface area contributed by atoms with Gasteiger partial charge in [0.2, 0.25) is 0 Å². The van der Waals surface area contributed by atoms with Crippen LogP contribution in [0.4, 0.5) is 0 Å². The molecule has 2 amide bonds. The van der Waals surface area contributed by atoms with Crippen molar-refractivity contribution in [3.05, 3.63) is 65.2 Å². The Labute approximate surface area is 140 Å². The van der Waals surface area contributed by atoms with E-state index < -0.39 is 5.91 Å². The number of hydrogen-bond acceptors (Lipinski definition) is 4. The average Bonchev–Trinajstić information content (AvgIpc) is 2.60. The van der Waals surface area contributed by atoms with Crippen LogP contribution >= 0.6 is 0 Å². The van der Waals surface area contributed by atoms with E-state index in [1.165, 1.54) is 6.21 Å². The average molecular weight is 325 g/mol. The van der Waals surface area contributed by atoms with E-state index >= 15 is 0 Å². The fourth-order valence-electron chi connectivity index (χ4n) is 2.07. The lowest BCUT2D eigenvalue weighted by Gasteiger charge is -2.06. The smallest absolute Gasteiger partial charge is 0.259 e. The zero-order valence-electron chi connectivity index (χ0n) is 13.6. The molecule has 0 unspecified atom stereocenters. The SMILES string of the molecule is COc1ccccc1C=NNC(=O)CNC(=O)c1ccccc1C. The summed E-state index contributed by atoms with van der Waals surface area (Å²) in [6.07, 6.45) is 1.49. The third-order valence-corrected chi connectivity index (χ3v) is 3.33. The number of carbonyl (C=O) groups is 2. The molecule has 2 aromatic carbocycles. The summed E-state index contributed by atoms with van der Waals surface area (Å²) in [5, 5.41) is 6.42. The molecule has 0 radical (unpaired) electrons. The molecule has 6 heteroatoms. The molecule has 2 N–H and O–H groups in total. The van der Waals surface area contributed by atoms with Crippen molar-refractivity contribution in [2.75, 3.05) is 13.7 Å². The molecule has 0 aliphatic heterocycles. The summed E-state index contributed by atoms with van der Waals surface area (Å²) in [4.78, 5) is 23.7. The Kier molecular flexibility index (Phi) is 6.08. The minimum atomic E-state index is -0.414. The maximum Gasteiger partial charge on any atom is 0.259 e. The monoisotopic (exact) mass is 325 g/mol. The summed E-state index contributed by atoms with van der Waals surface area (Å²) in [6.45, 7) is 1.68. The van der Waals surface area contributed by atoms with Gasteiger partial charge < -0.3 is 10.1 Å². The van der Waals surface area contributed by atoms with Crippen LogP contribution in [-0.4, -0.2) is 31.7 Å². The largest absolute Gasteiger partial charge is 0.496 e. The lowest BCUT2D eigenvalue weighted by Crippen LogP contribution is -2.35. The van der Waals surface area contributed by atoms with Gasteiger partial charge >= 0.3 is 0 Å². The number of methoxy groups -OCH3 is 1. The first-order chi connectivity index (χ1) is 11.6. The van der Waals surface area contributed by atoms with Crippen LogP contribution in [0.15, 0.2) is 53.6 Å². The Balaban J connectivity index is 1.84. The molecule has 0 aromatic heterocycles. The fourth-order valence-corrected chi connectivity index (χ4v) is 2.07. The van der Waals surface area contributed by atoms with E-state index in [-0.39, 0.29) is 12.5 Å². The second-order valence-corrected chi connectivity index (χ2v) is 5.03. The number of nitrogens with one attached hydrogen (secondary N) is 2. The maximum atomic E-state index is 12.0. The maximum absolute atomic E-state index is 12.0. The summed E-state index contributed by atoms with van der Waals surface area (Å²) >= 11 is 0. The third-order valence-electron chi connectivity index (χ3n) is 3.33. The highest BCUT2D eigenvalue weighted by atomic mass is 16.5. The van der Waals surface area contributed by atoms with E-state index in [1.807, 2.05) is 37.3 Å². The van der Waals surface area contributed by atoms with E-state index in [0.717, 1.165) is 11.1 Å². The normalized spacial score (nSPS) is 10.4. The van der Waals surface area contributed by atoms with Crippen LogP contribution in [-0.2, 0) is 4.79 Å². The van der Waals surface area contributed by atoms with Crippen molar-refractivity contribution in [2.24, 2.45) is 5.10 Å². The van der Waals surface area contributed by atoms with Gasteiger partial charge in [-0.1, -0.05) is 30.3 Å². The van der Waals surface area contributed by atoms with Gasteiger partial charge in [-0.05, 0) is 30.7 Å². The molecule has 0 aliphatic rings. The van der Waals surface area contributed by atoms with Crippen LogP contribution in [0, 0.1) is 6.92 Å². The highest BCUT2D eigenvalue weighted by Crippen LogP contribution is 2.14. The molecule has 0 atom stereocenters. The van der Waals surface area contributed by atoms with Gasteiger partial charge in [-0.3, -0.25) is 9.59 Å². The second-order valence-electron chi connectivity index (χ2n) is 5.03. The Bertz CT molecular complexity index is 757. The number of nitrogens with zero attached hydrogens (tertiary/aromatic N) is 1. The Hall–Kier alpha value is -3.15. The number of aryl methyl sites for hydroxylation is 1. The number of rotatable bonds is 6. The first-order valence-corrected chi connectivity index (χ1v) is 7.40. The molecule has 0 saturated carbocycles. The predicted octanol–water partition coefficient (Wildman–Crippen LogP) is 1.88. The highest BCUT2D eigenvalue weighted by Gasteiger charge is 2.09. The molecule has 2 rings (SSSR count). The summed E-state index contributed by atoms with van der Waals surface area (Å²) in [6, 6.07) is 14.5. The zero-order chi connectivity index (χ0) is 17.4. The molecule has 0 bridgehead atoms. The van der Waals surface area contributed by atoms with Gasteiger partial charge in [-0.2, -0.15) is 5.10 Å². The van der Waals surface area contributed by atoms with Gasteiger partial charge in [0.1, 0.15) is 5.75 Å². The fraction of sp³-hybridized carbons (Fsp3) is 0.167. The van der Waals surface area contributed by atoms with Crippen LogP contribution < -0.4 is 15.5 Å². The molecule has 124 valence electrons. The lowest BCUT2D eigenvalue weighted by atomic mass is 10.1. The van der Waals surface area contributed by atoms with Gasteiger partial charge in [-0.15, -0.1) is 0 Å². The Morgan fingerprint density at radius 3 is 2.58 bits per heavy atom. The number of amides is 2. The van der Waals surface area contributed by atoms with Gasteiger partial charge in [0.25, 0.3) is 11.8 Å². The van der Waals surface area contributed by atoms with Crippen molar-refractivity contribution in [3.63, 3.8) is 0 Å². The molecule has 0 saturated heterocycles. The highest BCUT2D eigenvalue weighted by molar-refractivity contribution is 5.97. The molecule has 2 aromatic rings. The van der Waals surface area contributed by atoms with Gasteiger partial charge in [0, 0.05) is 11.1 Å². The van der Waals surface area contributed by atoms with E-state index in [9.17, 15) is 9.59 Å². The third kappa shape index (κ3) is 4.67. The van der Waals surface area contributed by atoms with E-state index in [1.54, 1.807) is 25.3 Å². The number of carbonyl (C=O) groups excluding carboxylic acids is 2. The van der Waals surface area contributed by atoms with E-state index in [4.69, 9.17) is 4.74 Å². The summed E-state index contributed by atoms with van der Waals surface area (Å²) in [5.41, 5.74) is 4.50. The van der Waals surface area contributed by atoms with Crippen LogP contribution in [0.1, 0.15) is 21.5 Å². The number of ether oxygens (including phenoxy) is 1. The molecule has 24 heavy (non-hydrogen) atoms. The molecule has 0 spiro atoms. The van der Waals surface area contributed by atoms with Crippen molar-refractivity contribution in [2.45, 2.75) is 6.92 Å². The quantitative estimate of drug-likeness (QED) is 0.629. The molecular formula is C18H19N3O3. The van der Waals surface area contributed by atoms with Crippen molar-refractivity contribution in [3.8, 4) is 5.75 Å². The predicted molar refractivity (Wildman–Crippen MR) is 92.2 cm³/mol. The van der Waals surface area contributed by atoms with Crippen LogP contribution in [0.2, 0.25) is 0 Å². The molecule has 0 aliphatic carbocycles. The second kappa shape index (κ2) is 8.47. The summed E-state index contributed by atoms with van der Waals surface area (Å²) < 4.78 is 5.18. The summed E-state index contributed by atoms with van der Waals surface area (Å²) in [5.74, 6) is -0.0524. The number of hydrazone groups is 1. The summed E-state index contributed by atoms with van der Waals surface area (Å²) in [7, 11) is 1.56. The molecule has 6 nitrogen and oxygen atoms in total. The lowest BCUT2D eigenvalue weighted by molar-refractivity contribution is -0.120. The van der Waals surface area contributed by atoms with Crippen molar-refractivity contribution >= 4 is 18.0 Å². The van der Waals surface area contributed by atoms with E-state index in [0.29, 0.717) is 11.3 Å². The van der Waals surface area contributed by atoms with Gasteiger partial charge in [0.05, 0.1) is 19.9 Å². The van der Waals surface area contributed by atoms with E-state index in [2.05, 4.69) is 15.8 Å². The van der Waals surface area contributed by atoms with Crippen LogP contribution in [0.3, 0.4) is 0 Å². The van der Waals surface area contributed by atoms with Crippen molar-refractivity contribution < 1.29 is 14.3 Å². The first-order valence-electron chi connectivity index (χ1n) is 7.40. The Morgan fingerprint density at radius 2 is 1.83 bits per heavy atom. The van der Waals surface area contributed by atoms with Crippen molar-refractivity contribution in [1.29, 1.82) is 0 Å². The molecular weight excluding hydrogens is 306 g/mol.